The van der Waals surface area contributed by atoms with Crippen molar-refractivity contribution in [3.05, 3.63) is 53.6 Å². The highest BCUT2D eigenvalue weighted by molar-refractivity contribution is 7.91. The van der Waals surface area contributed by atoms with Gasteiger partial charge in [0.2, 0.25) is 0 Å². The van der Waals surface area contributed by atoms with Crippen LogP contribution in [0.4, 0.5) is 0 Å². The maximum Gasteiger partial charge on any atom is 0.166 e. The van der Waals surface area contributed by atoms with E-state index in [1.165, 1.54) is 0 Å². The van der Waals surface area contributed by atoms with Crippen LogP contribution in [0.1, 0.15) is 69.4 Å². The Morgan fingerprint density at radius 1 is 1.03 bits per heavy atom. The molecule has 9 nitrogen and oxygen atoms in total. The highest BCUT2D eigenvalue weighted by Gasteiger charge is 2.44. The molecule has 1 saturated carbocycles. The summed E-state index contributed by atoms with van der Waals surface area (Å²) < 4.78 is 35.3. The highest BCUT2D eigenvalue weighted by Crippen LogP contribution is 2.46. The molecule has 0 aromatic carbocycles. The normalized spacial score (nSPS) is 17.0. The Hall–Kier alpha value is -2.72. The van der Waals surface area contributed by atoms with E-state index in [1.54, 1.807) is 31.7 Å². The van der Waals surface area contributed by atoms with Gasteiger partial charge in [0.05, 0.1) is 11.4 Å². The van der Waals surface area contributed by atoms with Gasteiger partial charge in [0.1, 0.15) is 17.7 Å². The largest absolute Gasteiger partial charge is 0.366 e. The predicted molar refractivity (Wildman–Crippen MR) is 129 cm³/mol. The number of sulfone groups is 1. The van der Waals surface area contributed by atoms with E-state index in [-0.39, 0.29) is 17.4 Å². The Kier molecular flexibility index (Phi) is 6.56. The molecule has 34 heavy (non-hydrogen) atoms. The van der Waals surface area contributed by atoms with Crippen LogP contribution >= 0.6 is 0 Å². The van der Waals surface area contributed by atoms with Crippen LogP contribution in [0.3, 0.4) is 0 Å². The van der Waals surface area contributed by atoms with Gasteiger partial charge < -0.3 is 9.30 Å². The standard InChI is InChI=1S/C24H32N6O3S/c1-15(2)33-21(22-26-11-17(4)12-27-22)18(5)34(31,32)14-20-28-29-23(30(20)24(6)7-8-24)19-9-16(3)10-25-13-19/h9-13,15,18,21H,7-8,14H2,1-6H3/t18-,21+/m0/s1. The lowest BCUT2D eigenvalue weighted by Crippen LogP contribution is -2.32. The van der Waals surface area contributed by atoms with Crippen LogP contribution in [0.15, 0.2) is 30.9 Å². The number of aromatic nitrogens is 6. The molecule has 0 amide bonds. The average molecular weight is 485 g/mol. The van der Waals surface area contributed by atoms with Crippen LogP contribution in [0.5, 0.6) is 0 Å². The lowest BCUT2D eigenvalue weighted by Gasteiger charge is -2.25. The van der Waals surface area contributed by atoms with Crippen molar-refractivity contribution in [3.63, 3.8) is 0 Å². The average Bonchev–Trinajstić information content (AvgIpc) is 3.37. The SMILES string of the molecule is Cc1cnc([C@H](OC(C)C)[C@H](C)S(=O)(=O)Cc2nnc(-c3cncc(C)c3)n2C2(C)CC2)nc1. The van der Waals surface area contributed by atoms with Crippen molar-refractivity contribution < 1.29 is 13.2 Å². The zero-order chi connectivity index (χ0) is 24.7. The third-order valence-corrected chi connectivity index (χ3v) is 8.21. The molecule has 0 saturated heterocycles. The number of ether oxygens (including phenoxy) is 1. The van der Waals surface area contributed by atoms with Gasteiger partial charge in [0, 0.05) is 35.9 Å². The Labute approximate surface area is 201 Å². The topological polar surface area (TPSA) is 113 Å². The van der Waals surface area contributed by atoms with Crippen molar-refractivity contribution in [2.75, 3.05) is 0 Å². The van der Waals surface area contributed by atoms with Gasteiger partial charge in [-0.3, -0.25) is 4.98 Å². The van der Waals surface area contributed by atoms with Gasteiger partial charge in [-0.05, 0) is 71.6 Å². The van der Waals surface area contributed by atoms with E-state index >= 15 is 0 Å². The second-order valence-corrected chi connectivity index (χ2v) is 12.1. The third kappa shape index (κ3) is 5.02. The first-order chi connectivity index (χ1) is 16.0. The zero-order valence-electron chi connectivity index (χ0n) is 20.6. The summed E-state index contributed by atoms with van der Waals surface area (Å²) in [4.78, 5) is 13.0. The van der Waals surface area contributed by atoms with Crippen LogP contribution in [0, 0.1) is 13.8 Å². The molecule has 1 aliphatic carbocycles. The van der Waals surface area contributed by atoms with Gasteiger partial charge in [0.15, 0.2) is 21.5 Å². The highest BCUT2D eigenvalue weighted by atomic mass is 32.2. The van der Waals surface area contributed by atoms with Crippen molar-refractivity contribution >= 4 is 9.84 Å². The Morgan fingerprint density at radius 2 is 1.71 bits per heavy atom. The molecule has 3 heterocycles. The molecule has 0 aliphatic heterocycles. The summed E-state index contributed by atoms with van der Waals surface area (Å²) in [6, 6.07) is 1.99. The van der Waals surface area contributed by atoms with Gasteiger partial charge in [0.25, 0.3) is 0 Å². The maximum absolute atomic E-state index is 13.6. The van der Waals surface area contributed by atoms with E-state index in [9.17, 15) is 8.42 Å². The minimum atomic E-state index is -3.69. The monoisotopic (exact) mass is 484 g/mol. The Bertz CT molecular complexity index is 1270. The zero-order valence-corrected chi connectivity index (χ0v) is 21.4. The molecule has 10 heteroatoms. The fourth-order valence-corrected chi connectivity index (χ4v) is 5.34. The molecule has 0 unspecified atom stereocenters. The van der Waals surface area contributed by atoms with E-state index in [4.69, 9.17) is 4.74 Å². The number of rotatable bonds is 9. The molecule has 0 radical (unpaired) electrons. The molecule has 3 aromatic heterocycles. The fraction of sp³-hybridized carbons (Fsp3) is 0.542. The number of nitrogens with zero attached hydrogens (tertiary/aromatic N) is 6. The van der Waals surface area contributed by atoms with Crippen molar-refractivity contribution in [3.8, 4) is 11.4 Å². The summed E-state index contributed by atoms with van der Waals surface area (Å²) in [5.74, 6) is 1.18. The van der Waals surface area contributed by atoms with Crippen molar-refractivity contribution in [1.82, 2.24) is 29.7 Å². The number of hydrogen-bond acceptors (Lipinski definition) is 8. The van der Waals surface area contributed by atoms with E-state index < -0.39 is 21.2 Å². The molecule has 1 fully saturated rings. The van der Waals surface area contributed by atoms with E-state index in [1.807, 2.05) is 38.3 Å². The first-order valence-corrected chi connectivity index (χ1v) is 13.2. The molecule has 0 bridgehead atoms. The van der Waals surface area contributed by atoms with Gasteiger partial charge in [-0.15, -0.1) is 10.2 Å². The quantitative estimate of drug-likeness (QED) is 0.451. The molecule has 3 aromatic rings. The van der Waals surface area contributed by atoms with E-state index in [0.29, 0.717) is 17.5 Å². The van der Waals surface area contributed by atoms with Crippen molar-refractivity contribution in [2.24, 2.45) is 0 Å². The number of hydrogen-bond donors (Lipinski definition) is 0. The van der Waals surface area contributed by atoms with Crippen molar-refractivity contribution in [2.45, 2.75) is 83.1 Å². The summed E-state index contributed by atoms with van der Waals surface area (Å²) in [6.45, 7) is 11.3. The van der Waals surface area contributed by atoms with Crippen molar-refractivity contribution in [1.29, 1.82) is 0 Å². The van der Waals surface area contributed by atoms with Crippen LogP contribution < -0.4 is 0 Å². The van der Waals surface area contributed by atoms with E-state index in [0.717, 1.165) is 29.5 Å². The maximum atomic E-state index is 13.6. The van der Waals surface area contributed by atoms with Gasteiger partial charge in [-0.1, -0.05) is 0 Å². The van der Waals surface area contributed by atoms with E-state index in [2.05, 4.69) is 32.1 Å². The minimum absolute atomic E-state index is 0.193. The summed E-state index contributed by atoms with van der Waals surface area (Å²) in [5, 5.41) is 7.85. The first kappa shape index (κ1) is 24.4. The van der Waals surface area contributed by atoms with Crippen LogP contribution in [0.25, 0.3) is 11.4 Å². The lowest BCUT2D eigenvalue weighted by molar-refractivity contribution is 0.00140. The first-order valence-electron chi connectivity index (χ1n) is 11.5. The molecular formula is C24H32N6O3S. The second kappa shape index (κ2) is 9.14. The van der Waals surface area contributed by atoms with Crippen LogP contribution in [0.2, 0.25) is 0 Å². The summed E-state index contributed by atoms with van der Waals surface area (Å²) in [7, 11) is -3.69. The predicted octanol–water partition coefficient (Wildman–Crippen LogP) is 3.73. The molecule has 182 valence electrons. The summed E-state index contributed by atoms with van der Waals surface area (Å²) in [5.41, 5.74) is 2.52. The fourth-order valence-electron chi connectivity index (χ4n) is 3.97. The summed E-state index contributed by atoms with van der Waals surface area (Å²) in [6.07, 6.45) is 7.75. The Balaban J connectivity index is 1.69. The molecule has 4 rings (SSSR count). The lowest BCUT2D eigenvalue weighted by atomic mass is 10.2. The molecular weight excluding hydrogens is 452 g/mol. The molecule has 1 aliphatic rings. The minimum Gasteiger partial charge on any atom is -0.366 e. The Morgan fingerprint density at radius 3 is 2.29 bits per heavy atom. The van der Waals surface area contributed by atoms with Gasteiger partial charge >= 0.3 is 0 Å². The molecule has 2 atom stereocenters. The van der Waals surface area contributed by atoms with Gasteiger partial charge in [-0.2, -0.15) is 0 Å². The van der Waals surface area contributed by atoms with Gasteiger partial charge in [-0.25, -0.2) is 18.4 Å². The summed E-state index contributed by atoms with van der Waals surface area (Å²) >= 11 is 0. The van der Waals surface area contributed by atoms with Crippen LogP contribution in [-0.2, 0) is 25.9 Å². The number of pyridine rings is 1. The smallest absolute Gasteiger partial charge is 0.166 e. The molecule has 0 N–H and O–H groups in total. The number of aryl methyl sites for hydroxylation is 2. The van der Waals surface area contributed by atoms with Crippen LogP contribution in [-0.4, -0.2) is 49.5 Å². The molecule has 0 spiro atoms. The third-order valence-electron chi connectivity index (χ3n) is 6.17. The second-order valence-electron chi connectivity index (χ2n) is 9.76.